The van der Waals surface area contributed by atoms with E-state index in [9.17, 15) is 9.90 Å². The normalized spacial score (nSPS) is 22.8. The van der Waals surface area contributed by atoms with Crippen LogP contribution in [-0.4, -0.2) is 56.4 Å². The van der Waals surface area contributed by atoms with E-state index in [1.165, 1.54) is 6.42 Å². The second-order valence-corrected chi connectivity index (χ2v) is 17.7. The number of carbonyl (C=O) groups excluding carboxylic acids is 1. The molecule has 8 heteroatoms. The van der Waals surface area contributed by atoms with E-state index in [4.69, 9.17) is 18.7 Å². The van der Waals surface area contributed by atoms with Gasteiger partial charge in [-0.05, 0) is 71.9 Å². The number of aliphatic hydroxyl groups excluding tert-OH is 1. The van der Waals surface area contributed by atoms with Gasteiger partial charge in [0, 0.05) is 5.56 Å². The van der Waals surface area contributed by atoms with Crippen molar-refractivity contribution in [2.75, 3.05) is 13.7 Å². The number of hydrogen-bond acceptors (Lipinski definition) is 7. The van der Waals surface area contributed by atoms with Gasteiger partial charge in [0.25, 0.3) is 0 Å². The standard InChI is InChI=1S/C35H49NO6Si/c1-9-10-18-43(23(2)3,24(4)5)40-22-32-33-26(7)41-35(38)34(33)36(42-32)21-28-13-11-12-27(20-28)14-17-31(37)30-16-15-29(39-8)19-25(30)6/h11-13,15-16,19-20,23-24,26,31-34,37H,9-10,18,21-22H2,1-8H3/t26-,31?,32-,33+,34-/m1/s1. The summed E-state index contributed by atoms with van der Waals surface area (Å²) in [6.45, 7) is 16.2. The summed E-state index contributed by atoms with van der Waals surface area (Å²) in [5.41, 5.74) is 4.38. The zero-order valence-corrected chi connectivity index (χ0v) is 28.1. The topological polar surface area (TPSA) is 77.5 Å². The molecule has 43 heavy (non-hydrogen) atoms. The van der Waals surface area contributed by atoms with Crippen molar-refractivity contribution in [3.05, 3.63) is 64.7 Å². The molecule has 2 aliphatic rings. The van der Waals surface area contributed by atoms with Gasteiger partial charge in [0.15, 0.2) is 8.32 Å². The second kappa shape index (κ2) is 14.4. The predicted molar refractivity (Wildman–Crippen MR) is 171 cm³/mol. The van der Waals surface area contributed by atoms with E-state index >= 15 is 0 Å². The van der Waals surface area contributed by atoms with Gasteiger partial charge < -0.3 is 19.0 Å². The Hall–Kier alpha value is -2.67. The van der Waals surface area contributed by atoms with Crippen LogP contribution in [0.15, 0.2) is 42.5 Å². The first-order valence-corrected chi connectivity index (χ1v) is 18.0. The Morgan fingerprint density at radius 1 is 1.12 bits per heavy atom. The molecule has 7 nitrogen and oxygen atoms in total. The molecule has 0 saturated carbocycles. The first-order valence-electron chi connectivity index (χ1n) is 15.7. The van der Waals surface area contributed by atoms with Crippen molar-refractivity contribution in [2.24, 2.45) is 5.92 Å². The maximum atomic E-state index is 13.0. The molecule has 234 valence electrons. The molecule has 1 N–H and O–H groups in total. The van der Waals surface area contributed by atoms with Gasteiger partial charge in [-0.2, -0.15) is 5.06 Å². The van der Waals surface area contributed by atoms with E-state index in [1.807, 2.05) is 56.3 Å². The van der Waals surface area contributed by atoms with Crippen molar-refractivity contribution >= 4 is 14.3 Å². The van der Waals surface area contributed by atoms with E-state index < -0.39 is 20.5 Å². The molecular weight excluding hydrogens is 558 g/mol. The number of ether oxygens (including phenoxy) is 2. The number of nitrogens with zero attached hydrogens (tertiary/aromatic N) is 1. The number of hydroxylamine groups is 2. The number of esters is 1. The quantitative estimate of drug-likeness (QED) is 0.163. The number of cyclic esters (lactones) is 1. The average Bonchev–Trinajstić information content (AvgIpc) is 3.48. The van der Waals surface area contributed by atoms with Gasteiger partial charge in [-0.15, -0.1) is 0 Å². The molecule has 4 rings (SSSR count). The smallest absolute Gasteiger partial charge is 0.326 e. The Balaban J connectivity index is 1.49. The van der Waals surface area contributed by atoms with Crippen LogP contribution < -0.4 is 4.74 Å². The third-order valence-corrected chi connectivity index (χ3v) is 15.0. The minimum absolute atomic E-state index is 0.0874. The predicted octanol–water partition coefficient (Wildman–Crippen LogP) is 6.72. The summed E-state index contributed by atoms with van der Waals surface area (Å²) in [5, 5.41) is 12.5. The zero-order valence-electron chi connectivity index (χ0n) is 27.1. The Morgan fingerprint density at radius 2 is 1.86 bits per heavy atom. The average molecular weight is 608 g/mol. The molecule has 0 spiro atoms. The van der Waals surface area contributed by atoms with Crippen molar-refractivity contribution in [1.29, 1.82) is 0 Å². The zero-order chi connectivity index (χ0) is 31.3. The lowest BCUT2D eigenvalue weighted by Crippen LogP contribution is -2.47. The van der Waals surface area contributed by atoms with Gasteiger partial charge in [0.1, 0.15) is 30.1 Å². The van der Waals surface area contributed by atoms with Crippen LogP contribution in [0, 0.1) is 24.7 Å². The first kappa shape index (κ1) is 33.2. The Morgan fingerprint density at radius 3 is 2.51 bits per heavy atom. The van der Waals surface area contributed by atoms with Crippen LogP contribution in [0.3, 0.4) is 0 Å². The van der Waals surface area contributed by atoms with E-state index in [2.05, 4.69) is 46.5 Å². The summed E-state index contributed by atoms with van der Waals surface area (Å²) in [7, 11) is -0.423. The molecule has 2 aromatic carbocycles. The van der Waals surface area contributed by atoms with Crippen LogP contribution in [-0.2, 0) is 25.3 Å². The number of carbonyl (C=O) groups is 1. The van der Waals surface area contributed by atoms with Gasteiger partial charge in [-0.3, -0.25) is 9.63 Å². The highest BCUT2D eigenvalue weighted by atomic mass is 28.4. The van der Waals surface area contributed by atoms with Crippen LogP contribution in [0.4, 0.5) is 0 Å². The molecule has 1 unspecified atom stereocenters. The summed E-state index contributed by atoms with van der Waals surface area (Å²) >= 11 is 0. The highest BCUT2D eigenvalue weighted by Crippen LogP contribution is 2.42. The summed E-state index contributed by atoms with van der Waals surface area (Å²) < 4.78 is 17.9. The number of benzene rings is 2. The lowest BCUT2D eigenvalue weighted by molar-refractivity contribution is -0.195. The number of rotatable bonds is 12. The van der Waals surface area contributed by atoms with Crippen molar-refractivity contribution in [1.82, 2.24) is 5.06 Å². The van der Waals surface area contributed by atoms with Gasteiger partial charge in [0.2, 0.25) is 0 Å². The second-order valence-electron chi connectivity index (χ2n) is 12.7. The maximum absolute atomic E-state index is 13.0. The fourth-order valence-electron chi connectivity index (χ4n) is 6.73. The highest BCUT2D eigenvalue weighted by Gasteiger charge is 2.57. The number of fused-ring (bicyclic) bond motifs is 1. The number of methoxy groups -OCH3 is 1. The molecule has 0 aliphatic carbocycles. The van der Waals surface area contributed by atoms with Gasteiger partial charge in [-0.25, -0.2) is 0 Å². The Kier molecular flexibility index (Phi) is 11.1. The Labute approximate surface area is 258 Å². The van der Waals surface area contributed by atoms with Crippen molar-refractivity contribution in [3.8, 4) is 17.6 Å². The molecule has 0 bridgehead atoms. The van der Waals surface area contributed by atoms with Crippen LogP contribution in [0.25, 0.3) is 0 Å². The molecular formula is C35H49NO6Si. The van der Waals surface area contributed by atoms with E-state index in [0.29, 0.717) is 24.2 Å². The third kappa shape index (κ3) is 7.35. The minimum Gasteiger partial charge on any atom is -0.497 e. The largest absolute Gasteiger partial charge is 0.497 e. The number of aryl methyl sites for hydroxylation is 1. The monoisotopic (exact) mass is 607 g/mol. The number of unbranched alkanes of at least 4 members (excludes halogenated alkanes) is 1. The fourth-order valence-corrected chi connectivity index (χ4v) is 11.4. The molecule has 2 heterocycles. The number of aliphatic hydroxyl groups is 1. The van der Waals surface area contributed by atoms with Gasteiger partial charge >= 0.3 is 5.97 Å². The third-order valence-electron chi connectivity index (χ3n) is 9.24. The molecule has 2 fully saturated rings. The van der Waals surface area contributed by atoms with Crippen LogP contribution in [0.2, 0.25) is 17.1 Å². The molecule has 0 amide bonds. The molecule has 0 aromatic heterocycles. The molecule has 2 aromatic rings. The van der Waals surface area contributed by atoms with Crippen LogP contribution in [0.1, 0.15) is 82.7 Å². The maximum Gasteiger partial charge on any atom is 0.326 e. The summed E-state index contributed by atoms with van der Waals surface area (Å²) in [4.78, 5) is 19.5. The van der Waals surface area contributed by atoms with E-state index in [0.717, 1.165) is 40.5 Å². The lowest BCUT2D eigenvalue weighted by Gasteiger charge is -2.40. The van der Waals surface area contributed by atoms with Gasteiger partial charge in [0.05, 0.1) is 26.2 Å². The van der Waals surface area contributed by atoms with Crippen molar-refractivity contribution < 1.29 is 28.6 Å². The summed E-state index contributed by atoms with van der Waals surface area (Å²) in [5.74, 6) is 6.50. The van der Waals surface area contributed by atoms with Crippen LogP contribution >= 0.6 is 0 Å². The highest BCUT2D eigenvalue weighted by molar-refractivity contribution is 6.76. The van der Waals surface area contributed by atoms with Gasteiger partial charge in [-0.1, -0.05) is 77.5 Å². The summed E-state index contributed by atoms with van der Waals surface area (Å²) in [6.07, 6.45) is 0.917. The van der Waals surface area contributed by atoms with Crippen molar-refractivity contribution in [3.63, 3.8) is 0 Å². The van der Waals surface area contributed by atoms with E-state index in [1.54, 1.807) is 12.2 Å². The molecule has 0 radical (unpaired) electrons. The SMILES string of the molecule is CCCC[Si](OC[C@H]1ON(Cc2cccc(C#CC(O)c3ccc(OC)cc3C)c2)[C@H]2C(=O)O[C@H](C)[C@@H]12)(C(C)C)C(C)C. The fraction of sp³-hybridized carbons (Fsp3) is 0.571. The minimum atomic E-state index is -2.04. The van der Waals surface area contributed by atoms with E-state index in [-0.39, 0.29) is 24.1 Å². The first-order chi connectivity index (χ1) is 20.5. The number of hydrogen-bond donors (Lipinski definition) is 1. The van der Waals surface area contributed by atoms with Crippen LogP contribution in [0.5, 0.6) is 5.75 Å². The molecule has 5 atom stereocenters. The van der Waals surface area contributed by atoms with Crippen molar-refractivity contribution in [2.45, 2.75) is 109 Å². The lowest BCUT2D eigenvalue weighted by atomic mass is 9.93. The summed E-state index contributed by atoms with van der Waals surface area (Å²) in [6, 6.07) is 14.0. The molecule has 2 aliphatic heterocycles. The molecule has 2 saturated heterocycles. The Bertz CT molecular complexity index is 1310.